The van der Waals surface area contributed by atoms with Crippen molar-refractivity contribution in [2.75, 3.05) is 6.61 Å². The van der Waals surface area contributed by atoms with E-state index in [1.165, 1.54) is 16.9 Å². The number of carbonyl (C=O) groups is 1. The fraction of sp³-hybridized carbons (Fsp3) is 0.400. The highest BCUT2D eigenvalue weighted by Gasteiger charge is 2.21. The van der Waals surface area contributed by atoms with Crippen LogP contribution < -0.4 is 0 Å². The number of ether oxygens (including phenoxy) is 1. The predicted molar refractivity (Wildman–Crippen MR) is 100 cm³/mol. The molecule has 1 aliphatic heterocycles. The minimum atomic E-state index is -0.329. The second kappa shape index (κ2) is 7.63. The quantitative estimate of drug-likeness (QED) is 0.612. The Kier molecular flexibility index (Phi) is 5.04. The molecule has 1 atom stereocenters. The summed E-state index contributed by atoms with van der Waals surface area (Å²) in [5, 5.41) is 12.2. The van der Waals surface area contributed by atoms with Gasteiger partial charge in [-0.05, 0) is 62.2 Å². The largest absolute Gasteiger partial charge is 0.376 e. The standard InChI is InChI=1S/C20H22FN5O2/c1-13-10-18(14(2)25(13)11-17-4-3-9-28-17)19(27)12-26-23-20(22-24-26)15-5-7-16(21)8-6-15/h5-8,10,17H,3-4,9,11-12H2,1-2H3/t17-/m1/s1. The molecule has 0 aliphatic carbocycles. The molecule has 146 valence electrons. The Hall–Kier alpha value is -2.87. The minimum absolute atomic E-state index is 0.00157. The normalized spacial score (nSPS) is 16.6. The number of nitrogens with zero attached hydrogens (tertiary/aromatic N) is 5. The van der Waals surface area contributed by atoms with Crippen LogP contribution in [0.15, 0.2) is 30.3 Å². The van der Waals surface area contributed by atoms with E-state index >= 15 is 0 Å². The van der Waals surface area contributed by atoms with Gasteiger partial charge in [-0.25, -0.2) is 4.39 Å². The lowest BCUT2D eigenvalue weighted by molar-refractivity contribution is 0.0943. The number of rotatable bonds is 6. The smallest absolute Gasteiger partial charge is 0.204 e. The molecule has 8 heteroatoms. The number of hydrogen-bond acceptors (Lipinski definition) is 5. The molecular formula is C20H22FN5O2. The second-order valence-electron chi connectivity index (χ2n) is 7.10. The Morgan fingerprint density at radius 2 is 2.07 bits per heavy atom. The molecular weight excluding hydrogens is 361 g/mol. The zero-order valence-electron chi connectivity index (χ0n) is 15.9. The van der Waals surface area contributed by atoms with Crippen molar-refractivity contribution in [1.82, 2.24) is 24.8 Å². The third-order valence-electron chi connectivity index (χ3n) is 5.12. The minimum Gasteiger partial charge on any atom is -0.376 e. The number of carbonyl (C=O) groups excluding carboxylic acids is 1. The molecule has 0 saturated carbocycles. The van der Waals surface area contributed by atoms with Crippen LogP contribution in [0.1, 0.15) is 34.6 Å². The summed E-state index contributed by atoms with van der Waals surface area (Å²) in [7, 11) is 0. The Morgan fingerprint density at radius 3 is 2.79 bits per heavy atom. The molecule has 0 bridgehead atoms. The van der Waals surface area contributed by atoms with Gasteiger partial charge in [-0.1, -0.05) is 0 Å². The summed E-state index contributed by atoms with van der Waals surface area (Å²) in [6.45, 7) is 5.52. The molecule has 0 unspecified atom stereocenters. The average molecular weight is 383 g/mol. The maximum absolute atomic E-state index is 13.1. The van der Waals surface area contributed by atoms with E-state index in [4.69, 9.17) is 4.74 Å². The second-order valence-corrected chi connectivity index (χ2v) is 7.10. The Morgan fingerprint density at radius 1 is 1.29 bits per heavy atom. The average Bonchev–Trinajstić information content (AvgIpc) is 3.40. The molecule has 0 spiro atoms. The monoisotopic (exact) mass is 383 g/mol. The maximum Gasteiger partial charge on any atom is 0.204 e. The van der Waals surface area contributed by atoms with Crippen molar-refractivity contribution in [1.29, 1.82) is 0 Å². The fourth-order valence-electron chi connectivity index (χ4n) is 3.59. The highest BCUT2D eigenvalue weighted by Crippen LogP contribution is 2.21. The highest BCUT2D eigenvalue weighted by molar-refractivity contribution is 5.97. The molecule has 0 N–H and O–H groups in total. The topological polar surface area (TPSA) is 74.8 Å². The first kappa shape index (κ1) is 18.5. The van der Waals surface area contributed by atoms with E-state index < -0.39 is 0 Å². The van der Waals surface area contributed by atoms with E-state index in [0.717, 1.165) is 37.4 Å². The number of halogens is 1. The predicted octanol–water partition coefficient (Wildman–Crippen LogP) is 2.96. The van der Waals surface area contributed by atoms with Crippen molar-refractivity contribution in [3.8, 4) is 11.4 Å². The van der Waals surface area contributed by atoms with Gasteiger partial charge in [0.2, 0.25) is 5.82 Å². The Balaban J connectivity index is 1.49. The summed E-state index contributed by atoms with van der Waals surface area (Å²) in [5.74, 6) is -0.0453. The first-order chi connectivity index (χ1) is 13.5. The molecule has 1 fully saturated rings. The van der Waals surface area contributed by atoms with Crippen LogP contribution in [0.4, 0.5) is 4.39 Å². The van der Waals surface area contributed by atoms with Crippen LogP contribution in [0, 0.1) is 19.7 Å². The van der Waals surface area contributed by atoms with E-state index in [9.17, 15) is 9.18 Å². The van der Waals surface area contributed by atoms with Gasteiger partial charge in [-0.2, -0.15) is 4.80 Å². The number of aromatic nitrogens is 5. The van der Waals surface area contributed by atoms with E-state index in [-0.39, 0.29) is 24.2 Å². The molecule has 2 aromatic heterocycles. The van der Waals surface area contributed by atoms with Crippen molar-refractivity contribution in [3.05, 3.63) is 53.1 Å². The van der Waals surface area contributed by atoms with Crippen LogP contribution >= 0.6 is 0 Å². The van der Waals surface area contributed by atoms with Crippen LogP contribution in [-0.4, -0.2) is 43.3 Å². The van der Waals surface area contributed by atoms with Gasteiger partial charge in [0.25, 0.3) is 0 Å². The van der Waals surface area contributed by atoms with Gasteiger partial charge in [0, 0.05) is 35.7 Å². The van der Waals surface area contributed by atoms with Crippen molar-refractivity contribution in [3.63, 3.8) is 0 Å². The zero-order valence-corrected chi connectivity index (χ0v) is 15.9. The van der Waals surface area contributed by atoms with Gasteiger partial charge in [0.15, 0.2) is 5.78 Å². The van der Waals surface area contributed by atoms with Gasteiger partial charge >= 0.3 is 0 Å². The molecule has 4 rings (SSSR count). The van der Waals surface area contributed by atoms with Gasteiger partial charge in [0.05, 0.1) is 6.10 Å². The molecule has 1 aliphatic rings. The fourth-order valence-corrected chi connectivity index (χ4v) is 3.59. The number of tetrazole rings is 1. The third kappa shape index (κ3) is 3.73. The lowest BCUT2D eigenvalue weighted by atomic mass is 10.1. The molecule has 7 nitrogen and oxygen atoms in total. The van der Waals surface area contributed by atoms with Crippen molar-refractivity contribution >= 4 is 5.78 Å². The van der Waals surface area contributed by atoms with Gasteiger partial charge in [0.1, 0.15) is 12.4 Å². The SMILES string of the molecule is Cc1cc(C(=O)Cn2nnc(-c3ccc(F)cc3)n2)c(C)n1C[C@H]1CCCO1. The van der Waals surface area contributed by atoms with Crippen molar-refractivity contribution < 1.29 is 13.9 Å². The summed E-state index contributed by atoms with van der Waals surface area (Å²) >= 11 is 0. The summed E-state index contributed by atoms with van der Waals surface area (Å²) in [6.07, 6.45) is 2.35. The van der Waals surface area contributed by atoms with Gasteiger partial charge in [-0.3, -0.25) is 4.79 Å². The van der Waals surface area contributed by atoms with Crippen molar-refractivity contribution in [2.45, 2.75) is 45.9 Å². The first-order valence-electron chi connectivity index (χ1n) is 9.36. The summed E-state index contributed by atoms with van der Waals surface area (Å²) < 4.78 is 20.9. The molecule has 28 heavy (non-hydrogen) atoms. The first-order valence-corrected chi connectivity index (χ1v) is 9.36. The summed E-state index contributed by atoms with van der Waals surface area (Å²) in [6, 6.07) is 7.74. The molecule has 1 aromatic carbocycles. The van der Waals surface area contributed by atoms with Gasteiger partial charge in [-0.15, -0.1) is 10.2 Å². The van der Waals surface area contributed by atoms with Crippen LogP contribution in [0.2, 0.25) is 0 Å². The lowest BCUT2D eigenvalue weighted by Crippen LogP contribution is -2.18. The van der Waals surface area contributed by atoms with Crippen LogP contribution in [-0.2, 0) is 17.8 Å². The number of hydrogen-bond donors (Lipinski definition) is 0. The maximum atomic E-state index is 13.1. The van der Waals surface area contributed by atoms with Crippen LogP contribution in [0.3, 0.4) is 0 Å². The van der Waals surface area contributed by atoms with Gasteiger partial charge < -0.3 is 9.30 Å². The van der Waals surface area contributed by atoms with Crippen LogP contribution in [0.25, 0.3) is 11.4 Å². The number of aryl methyl sites for hydroxylation is 1. The van der Waals surface area contributed by atoms with E-state index in [0.29, 0.717) is 17.0 Å². The summed E-state index contributed by atoms with van der Waals surface area (Å²) in [4.78, 5) is 14.1. The summed E-state index contributed by atoms with van der Waals surface area (Å²) in [5.41, 5.74) is 3.28. The van der Waals surface area contributed by atoms with Crippen LogP contribution in [0.5, 0.6) is 0 Å². The molecule has 1 saturated heterocycles. The van der Waals surface area contributed by atoms with E-state index in [2.05, 4.69) is 20.0 Å². The molecule has 3 heterocycles. The lowest BCUT2D eigenvalue weighted by Gasteiger charge is -2.14. The number of benzene rings is 1. The Labute approximate surface area is 162 Å². The highest BCUT2D eigenvalue weighted by atomic mass is 19.1. The molecule has 3 aromatic rings. The Bertz CT molecular complexity index is 987. The third-order valence-corrected chi connectivity index (χ3v) is 5.12. The molecule has 0 amide bonds. The molecule has 0 radical (unpaired) electrons. The number of Topliss-reactive ketones (excluding diaryl/α,β-unsaturated/α-hetero) is 1. The van der Waals surface area contributed by atoms with E-state index in [1.807, 2.05) is 19.9 Å². The van der Waals surface area contributed by atoms with Crippen molar-refractivity contribution in [2.24, 2.45) is 0 Å². The van der Waals surface area contributed by atoms with E-state index in [1.54, 1.807) is 12.1 Å². The number of ketones is 1. The zero-order chi connectivity index (χ0) is 19.7.